The van der Waals surface area contributed by atoms with Gasteiger partial charge in [-0.2, -0.15) is 5.10 Å². The summed E-state index contributed by atoms with van der Waals surface area (Å²) in [7, 11) is 2.00. The van der Waals surface area contributed by atoms with Gasteiger partial charge >= 0.3 is 0 Å². The standard InChI is InChI=1S/C27H37N7O2/c1-19(36)33-13-9-25(30-23-7-11-32(18-35)12-8-23)24(17-33)27(28)34-10-3-4-21-14-20(5-6-26(21)34)22-15-29-31(2)16-22/h5-6,14-15,18,22-23,28,30H,3-4,7-13,16-17H2,1-2H3. The minimum Gasteiger partial charge on any atom is -0.385 e. The lowest BCUT2D eigenvalue weighted by Crippen LogP contribution is -2.47. The molecule has 1 saturated heterocycles. The van der Waals surface area contributed by atoms with E-state index in [0.717, 1.165) is 81.7 Å². The van der Waals surface area contributed by atoms with Crippen molar-refractivity contribution in [3.05, 3.63) is 40.6 Å². The van der Waals surface area contributed by atoms with Gasteiger partial charge in [-0.1, -0.05) is 12.1 Å². The molecule has 9 nitrogen and oxygen atoms in total. The molecule has 2 N–H and O–H groups in total. The molecule has 0 aliphatic carbocycles. The number of hydrogen-bond donors (Lipinski definition) is 2. The lowest BCUT2D eigenvalue weighted by molar-refractivity contribution is -0.128. The van der Waals surface area contributed by atoms with E-state index in [1.165, 1.54) is 11.1 Å². The average Bonchev–Trinajstić information content (AvgIpc) is 3.34. The number of benzene rings is 1. The zero-order valence-electron chi connectivity index (χ0n) is 21.4. The number of rotatable bonds is 5. The molecule has 0 spiro atoms. The van der Waals surface area contributed by atoms with E-state index in [4.69, 9.17) is 0 Å². The number of fused-ring (bicyclic) bond motifs is 1. The van der Waals surface area contributed by atoms with Crippen LogP contribution in [0, 0.1) is 5.41 Å². The minimum absolute atomic E-state index is 0.0468. The monoisotopic (exact) mass is 491 g/mol. The normalized spacial score (nSPS) is 22.7. The molecule has 4 aliphatic heterocycles. The van der Waals surface area contributed by atoms with Crippen LogP contribution in [0.4, 0.5) is 5.69 Å². The van der Waals surface area contributed by atoms with Crippen LogP contribution in [0.25, 0.3) is 0 Å². The predicted molar refractivity (Wildman–Crippen MR) is 141 cm³/mol. The average molecular weight is 492 g/mol. The van der Waals surface area contributed by atoms with Crippen LogP contribution in [0.5, 0.6) is 0 Å². The van der Waals surface area contributed by atoms with Crippen molar-refractivity contribution in [2.24, 2.45) is 5.10 Å². The van der Waals surface area contributed by atoms with Crippen molar-refractivity contribution in [1.29, 1.82) is 5.41 Å². The second-order valence-electron chi connectivity index (χ2n) is 10.4. The Morgan fingerprint density at radius 2 is 1.97 bits per heavy atom. The van der Waals surface area contributed by atoms with E-state index < -0.39 is 0 Å². The fourth-order valence-corrected chi connectivity index (χ4v) is 5.81. The van der Waals surface area contributed by atoms with Crippen LogP contribution in [-0.4, -0.2) is 91.5 Å². The number of amides is 2. The molecule has 9 heteroatoms. The van der Waals surface area contributed by atoms with Gasteiger partial charge in [0.05, 0.1) is 6.54 Å². The van der Waals surface area contributed by atoms with Crippen LogP contribution < -0.4 is 10.2 Å². The molecule has 0 radical (unpaired) electrons. The van der Waals surface area contributed by atoms with Gasteiger partial charge < -0.3 is 20.0 Å². The van der Waals surface area contributed by atoms with E-state index in [-0.39, 0.29) is 11.9 Å². The van der Waals surface area contributed by atoms with Gasteiger partial charge in [0.2, 0.25) is 12.3 Å². The maximum Gasteiger partial charge on any atom is 0.219 e. The Hall–Kier alpha value is -3.36. The molecule has 36 heavy (non-hydrogen) atoms. The maximum absolute atomic E-state index is 12.2. The molecule has 0 aromatic heterocycles. The van der Waals surface area contributed by atoms with E-state index in [1.807, 2.05) is 28.1 Å². The van der Waals surface area contributed by atoms with E-state index in [2.05, 4.69) is 33.5 Å². The summed E-state index contributed by atoms with van der Waals surface area (Å²) in [6.07, 6.45) is 7.46. The molecule has 4 heterocycles. The number of likely N-dealkylation sites (N-methyl/N-ethyl adjacent to an activating group) is 1. The fraction of sp³-hybridized carbons (Fsp3) is 0.556. The molecule has 0 bridgehead atoms. The highest BCUT2D eigenvalue weighted by molar-refractivity contribution is 6.09. The number of nitrogens with zero attached hydrogens (tertiary/aromatic N) is 5. The molecule has 1 aromatic carbocycles. The first-order valence-corrected chi connectivity index (χ1v) is 13.1. The highest BCUT2D eigenvalue weighted by atomic mass is 16.2. The summed E-state index contributed by atoms with van der Waals surface area (Å²) in [5.74, 6) is 0.844. The fourth-order valence-electron chi connectivity index (χ4n) is 5.81. The van der Waals surface area contributed by atoms with Crippen LogP contribution >= 0.6 is 0 Å². The Balaban J connectivity index is 1.39. The van der Waals surface area contributed by atoms with Gasteiger partial charge in [-0.05, 0) is 42.9 Å². The van der Waals surface area contributed by atoms with E-state index in [0.29, 0.717) is 24.8 Å². The molecule has 0 saturated carbocycles. The second kappa shape index (κ2) is 10.3. The molecule has 1 aromatic rings. The smallest absolute Gasteiger partial charge is 0.219 e. The summed E-state index contributed by atoms with van der Waals surface area (Å²) >= 11 is 0. The number of piperidine rings is 1. The highest BCUT2D eigenvalue weighted by Gasteiger charge is 2.31. The predicted octanol–water partition coefficient (Wildman–Crippen LogP) is 2.15. The number of hydrogen-bond acceptors (Lipinski definition) is 6. The van der Waals surface area contributed by atoms with Gasteiger partial charge in [-0.15, -0.1) is 0 Å². The molecular formula is C27H37N7O2. The largest absolute Gasteiger partial charge is 0.385 e. The van der Waals surface area contributed by atoms with Crippen LogP contribution in [0.15, 0.2) is 34.6 Å². The zero-order chi connectivity index (χ0) is 25.2. The third-order valence-electron chi connectivity index (χ3n) is 7.96. The number of amidine groups is 1. The molecular weight excluding hydrogens is 454 g/mol. The summed E-state index contributed by atoms with van der Waals surface area (Å²) < 4.78 is 0. The number of aryl methyl sites for hydroxylation is 1. The third-order valence-corrected chi connectivity index (χ3v) is 7.96. The Morgan fingerprint density at radius 3 is 2.67 bits per heavy atom. The summed E-state index contributed by atoms with van der Waals surface area (Å²) in [5, 5.41) is 19.4. The number of carbonyl (C=O) groups excluding carboxylic acids is 2. The number of likely N-dealkylation sites (tertiary alicyclic amines) is 1. The second-order valence-corrected chi connectivity index (χ2v) is 10.4. The third kappa shape index (κ3) is 4.96. The van der Waals surface area contributed by atoms with Crippen molar-refractivity contribution >= 4 is 30.1 Å². The number of anilines is 1. The van der Waals surface area contributed by atoms with Crippen LogP contribution in [0.2, 0.25) is 0 Å². The van der Waals surface area contributed by atoms with Gasteiger partial charge in [0, 0.05) is 88.2 Å². The molecule has 1 fully saturated rings. The Morgan fingerprint density at radius 1 is 1.17 bits per heavy atom. The van der Waals surface area contributed by atoms with E-state index in [1.54, 1.807) is 6.92 Å². The quantitative estimate of drug-likeness (QED) is 0.374. The summed E-state index contributed by atoms with van der Waals surface area (Å²) in [6, 6.07) is 6.92. The number of carbonyl (C=O) groups is 2. The van der Waals surface area contributed by atoms with Crippen LogP contribution in [-0.2, 0) is 16.0 Å². The first kappa shape index (κ1) is 24.3. The molecule has 2 amide bonds. The van der Waals surface area contributed by atoms with E-state index in [9.17, 15) is 15.0 Å². The number of hydrazone groups is 1. The minimum atomic E-state index is 0.0468. The number of nitrogens with one attached hydrogen (secondary N) is 2. The summed E-state index contributed by atoms with van der Waals surface area (Å²) in [4.78, 5) is 29.1. The zero-order valence-corrected chi connectivity index (χ0v) is 21.4. The van der Waals surface area contributed by atoms with Crippen molar-refractivity contribution in [3.8, 4) is 0 Å². The molecule has 4 aliphatic rings. The van der Waals surface area contributed by atoms with Gasteiger partial charge in [-0.3, -0.25) is 20.0 Å². The van der Waals surface area contributed by atoms with Gasteiger partial charge in [0.1, 0.15) is 5.84 Å². The Kier molecular flexibility index (Phi) is 6.98. The molecule has 192 valence electrons. The maximum atomic E-state index is 12.2. The van der Waals surface area contributed by atoms with Crippen molar-refractivity contribution in [2.75, 3.05) is 51.2 Å². The van der Waals surface area contributed by atoms with Crippen LogP contribution in [0.1, 0.15) is 49.7 Å². The SMILES string of the molecule is CC(=O)N1CCC(NC2CCN(C=O)CC2)=C(C(=N)N2CCCc3cc(C4C=NN(C)C4)ccc32)C1. The Labute approximate surface area is 213 Å². The molecule has 5 rings (SSSR count). The lowest BCUT2D eigenvalue weighted by Gasteiger charge is -2.38. The van der Waals surface area contributed by atoms with Crippen molar-refractivity contribution in [1.82, 2.24) is 20.1 Å². The summed E-state index contributed by atoms with van der Waals surface area (Å²) in [5.41, 5.74) is 5.65. The van der Waals surface area contributed by atoms with Crippen molar-refractivity contribution < 1.29 is 9.59 Å². The Bertz CT molecular complexity index is 1090. The molecule has 1 unspecified atom stereocenters. The van der Waals surface area contributed by atoms with Crippen molar-refractivity contribution in [3.63, 3.8) is 0 Å². The molecule has 1 atom stereocenters. The first-order valence-electron chi connectivity index (χ1n) is 13.1. The van der Waals surface area contributed by atoms with E-state index >= 15 is 0 Å². The highest BCUT2D eigenvalue weighted by Crippen LogP contribution is 2.33. The van der Waals surface area contributed by atoms with Gasteiger partial charge in [0.25, 0.3) is 0 Å². The van der Waals surface area contributed by atoms with Gasteiger partial charge in [0.15, 0.2) is 0 Å². The summed E-state index contributed by atoms with van der Waals surface area (Å²) in [6.45, 7) is 5.93. The first-order chi connectivity index (χ1) is 17.4. The van der Waals surface area contributed by atoms with Gasteiger partial charge in [-0.25, -0.2) is 0 Å². The van der Waals surface area contributed by atoms with Crippen molar-refractivity contribution in [2.45, 2.75) is 51.0 Å². The topological polar surface area (TPSA) is 95.3 Å². The lowest BCUT2D eigenvalue weighted by atomic mass is 9.92. The van der Waals surface area contributed by atoms with Crippen LogP contribution in [0.3, 0.4) is 0 Å².